The minimum atomic E-state index is -0.696. The van der Waals surface area contributed by atoms with Gasteiger partial charge in [0.1, 0.15) is 11.8 Å². The van der Waals surface area contributed by atoms with Crippen LogP contribution >= 0.6 is 23.5 Å². The summed E-state index contributed by atoms with van der Waals surface area (Å²) >= 11 is 3.93. The average Bonchev–Trinajstić information content (AvgIpc) is 2.54. The fourth-order valence-corrected chi connectivity index (χ4v) is 4.80. The van der Waals surface area contributed by atoms with Crippen molar-refractivity contribution in [2.45, 2.75) is 24.0 Å². The predicted octanol–water partition coefficient (Wildman–Crippen LogP) is 1.92. The van der Waals surface area contributed by atoms with E-state index < -0.39 is 11.9 Å². The van der Waals surface area contributed by atoms with E-state index >= 15 is 0 Å². The summed E-state index contributed by atoms with van der Waals surface area (Å²) in [5.41, 5.74) is 6.35. The van der Waals surface area contributed by atoms with Crippen molar-refractivity contribution >= 4 is 35.3 Å². The number of rotatable bonds is 6. The molecular weight excluding hydrogens is 320 g/mol. The minimum absolute atomic E-state index is 0.135. The second kappa shape index (κ2) is 8.33. The van der Waals surface area contributed by atoms with Gasteiger partial charge in [-0.05, 0) is 42.5 Å². The zero-order chi connectivity index (χ0) is 15.9. The summed E-state index contributed by atoms with van der Waals surface area (Å²) in [5.74, 6) is 2.10. The number of hydrogen-bond donors (Lipinski definition) is 2. The maximum Gasteiger partial charge on any atom is 0.258 e. The van der Waals surface area contributed by atoms with E-state index in [0.717, 1.165) is 0 Å². The Balaban J connectivity index is 1.81. The van der Waals surface area contributed by atoms with Crippen LogP contribution in [0.1, 0.15) is 23.5 Å². The van der Waals surface area contributed by atoms with Crippen LogP contribution in [0.2, 0.25) is 0 Å². The van der Waals surface area contributed by atoms with Crippen LogP contribution in [0.3, 0.4) is 0 Å². The molecule has 1 aromatic carbocycles. The van der Waals surface area contributed by atoms with Gasteiger partial charge in [-0.1, -0.05) is 12.1 Å². The molecule has 22 heavy (non-hydrogen) atoms. The third-order valence-electron chi connectivity index (χ3n) is 3.15. The summed E-state index contributed by atoms with van der Waals surface area (Å²) in [4.78, 5) is 22.5. The number of primary amides is 1. The molecule has 120 valence electrons. The van der Waals surface area contributed by atoms with Gasteiger partial charge in [0.15, 0.2) is 6.61 Å². The van der Waals surface area contributed by atoms with E-state index in [0.29, 0.717) is 10.3 Å². The number of benzene rings is 1. The first-order valence-corrected chi connectivity index (χ1v) is 9.20. The fraction of sp³-hybridized carbons (Fsp3) is 0.467. The number of hydrogen-bond acceptors (Lipinski definition) is 5. The van der Waals surface area contributed by atoms with Gasteiger partial charge in [0, 0.05) is 0 Å². The van der Waals surface area contributed by atoms with Crippen LogP contribution in [0.25, 0.3) is 0 Å². The Labute approximate surface area is 138 Å². The summed E-state index contributed by atoms with van der Waals surface area (Å²) in [6.45, 7) is 1.40. The van der Waals surface area contributed by atoms with Crippen LogP contribution in [0, 0.1) is 0 Å². The topological polar surface area (TPSA) is 81.4 Å². The summed E-state index contributed by atoms with van der Waals surface area (Å²) < 4.78 is 5.90. The molecule has 0 bridgehead atoms. The molecule has 1 unspecified atom stereocenters. The Kier molecular flexibility index (Phi) is 6.45. The molecule has 1 fully saturated rings. The molecule has 1 aromatic rings. The number of ether oxygens (including phenoxy) is 1. The van der Waals surface area contributed by atoms with Gasteiger partial charge in [0.25, 0.3) is 5.91 Å². The molecule has 1 saturated heterocycles. The number of thioether (sulfide) groups is 2. The van der Waals surface area contributed by atoms with Gasteiger partial charge in [-0.25, -0.2) is 0 Å². The first kappa shape index (κ1) is 17.0. The van der Waals surface area contributed by atoms with Gasteiger partial charge in [0.2, 0.25) is 5.91 Å². The molecule has 0 aromatic heterocycles. The zero-order valence-electron chi connectivity index (χ0n) is 12.4. The van der Waals surface area contributed by atoms with Gasteiger partial charge < -0.3 is 15.8 Å². The van der Waals surface area contributed by atoms with Gasteiger partial charge in [-0.3, -0.25) is 9.59 Å². The first-order valence-electron chi connectivity index (χ1n) is 7.11. The average molecular weight is 340 g/mol. The Bertz CT molecular complexity index is 516. The highest BCUT2D eigenvalue weighted by Gasteiger charge is 2.16. The molecule has 1 aliphatic rings. The molecule has 0 spiro atoms. The van der Waals surface area contributed by atoms with E-state index in [1.807, 2.05) is 47.8 Å². The van der Waals surface area contributed by atoms with Crippen LogP contribution in [-0.4, -0.2) is 36.0 Å². The SMILES string of the molecule is CC(NC(=O)COc1ccc(C2SCCCS2)cc1)C(N)=O. The Morgan fingerprint density at radius 2 is 1.95 bits per heavy atom. The second-order valence-electron chi connectivity index (χ2n) is 4.98. The van der Waals surface area contributed by atoms with E-state index in [2.05, 4.69) is 5.32 Å². The highest BCUT2D eigenvalue weighted by Crippen LogP contribution is 2.43. The van der Waals surface area contributed by atoms with Crippen molar-refractivity contribution in [1.29, 1.82) is 0 Å². The molecule has 5 nitrogen and oxygen atoms in total. The Morgan fingerprint density at radius 3 is 2.55 bits per heavy atom. The molecule has 1 atom stereocenters. The molecule has 0 radical (unpaired) electrons. The summed E-state index contributed by atoms with van der Waals surface area (Å²) in [6, 6.07) is 7.12. The molecule has 7 heteroatoms. The van der Waals surface area contributed by atoms with E-state index in [1.54, 1.807) is 0 Å². The molecule has 2 rings (SSSR count). The highest BCUT2D eigenvalue weighted by atomic mass is 32.2. The predicted molar refractivity (Wildman–Crippen MR) is 91.0 cm³/mol. The zero-order valence-corrected chi connectivity index (χ0v) is 14.0. The van der Waals surface area contributed by atoms with Crippen molar-refractivity contribution in [2.75, 3.05) is 18.1 Å². The Morgan fingerprint density at radius 1 is 1.32 bits per heavy atom. The van der Waals surface area contributed by atoms with Crippen molar-refractivity contribution in [3.05, 3.63) is 29.8 Å². The Hall–Kier alpha value is -1.34. The molecule has 1 heterocycles. The lowest BCUT2D eigenvalue weighted by Gasteiger charge is -2.21. The molecular formula is C15H20N2O3S2. The molecule has 2 amide bonds. The van der Waals surface area contributed by atoms with Gasteiger partial charge in [0.05, 0.1) is 4.58 Å². The van der Waals surface area contributed by atoms with Crippen LogP contribution < -0.4 is 15.8 Å². The largest absolute Gasteiger partial charge is 0.484 e. The summed E-state index contributed by atoms with van der Waals surface area (Å²) in [7, 11) is 0. The lowest BCUT2D eigenvalue weighted by atomic mass is 10.2. The van der Waals surface area contributed by atoms with Crippen molar-refractivity contribution in [2.24, 2.45) is 5.73 Å². The molecule has 1 aliphatic heterocycles. The lowest BCUT2D eigenvalue weighted by Crippen LogP contribution is -2.44. The first-order chi connectivity index (χ1) is 10.6. The number of nitrogens with two attached hydrogens (primary N) is 1. The normalized spacial score (nSPS) is 16.8. The minimum Gasteiger partial charge on any atom is -0.484 e. The molecule has 0 saturated carbocycles. The quantitative estimate of drug-likeness (QED) is 0.827. The van der Waals surface area contributed by atoms with Crippen molar-refractivity contribution in [3.63, 3.8) is 0 Å². The maximum atomic E-state index is 11.6. The van der Waals surface area contributed by atoms with Crippen LogP contribution in [0.5, 0.6) is 5.75 Å². The van der Waals surface area contributed by atoms with E-state index in [-0.39, 0.29) is 12.5 Å². The summed E-state index contributed by atoms with van der Waals surface area (Å²) in [5, 5.41) is 2.47. The number of carbonyl (C=O) groups is 2. The number of amides is 2. The third-order valence-corrected chi connectivity index (χ3v) is 6.17. The monoisotopic (exact) mass is 340 g/mol. The number of nitrogens with one attached hydrogen (secondary N) is 1. The van der Waals surface area contributed by atoms with Crippen LogP contribution in [0.4, 0.5) is 0 Å². The van der Waals surface area contributed by atoms with Crippen LogP contribution in [0.15, 0.2) is 24.3 Å². The second-order valence-corrected chi connectivity index (χ2v) is 7.70. The highest BCUT2D eigenvalue weighted by molar-refractivity contribution is 8.16. The third kappa shape index (κ3) is 5.14. The molecule has 0 aliphatic carbocycles. The standard InChI is InChI=1S/C15H20N2O3S2/c1-10(14(16)19)17-13(18)9-20-12-5-3-11(4-6-12)15-21-7-2-8-22-15/h3-6,10,15H,2,7-9H2,1H3,(H2,16,19)(H,17,18). The maximum absolute atomic E-state index is 11.6. The van der Waals surface area contributed by atoms with E-state index in [4.69, 9.17) is 10.5 Å². The number of carbonyl (C=O) groups excluding carboxylic acids is 2. The van der Waals surface area contributed by atoms with Crippen LogP contribution in [-0.2, 0) is 9.59 Å². The fourth-order valence-electron chi connectivity index (χ4n) is 1.90. The van der Waals surface area contributed by atoms with Crippen molar-refractivity contribution in [3.8, 4) is 5.75 Å². The molecule has 3 N–H and O–H groups in total. The van der Waals surface area contributed by atoms with Gasteiger partial charge in [-0.15, -0.1) is 23.5 Å². The van der Waals surface area contributed by atoms with E-state index in [9.17, 15) is 9.59 Å². The van der Waals surface area contributed by atoms with Gasteiger partial charge >= 0.3 is 0 Å². The van der Waals surface area contributed by atoms with Crippen molar-refractivity contribution in [1.82, 2.24) is 5.32 Å². The van der Waals surface area contributed by atoms with Crippen molar-refractivity contribution < 1.29 is 14.3 Å². The van der Waals surface area contributed by atoms with E-state index in [1.165, 1.54) is 30.4 Å². The van der Waals surface area contributed by atoms with Gasteiger partial charge in [-0.2, -0.15) is 0 Å². The smallest absolute Gasteiger partial charge is 0.258 e. The summed E-state index contributed by atoms with van der Waals surface area (Å²) in [6.07, 6.45) is 1.27. The lowest BCUT2D eigenvalue weighted by molar-refractivity contribution is -0.128.